The highest BCUT2D eigenvalue weighted by Gasteiger charge is 2.23. The molecule has 0 aliphatic heterocycles. The van der Waals surface area contributed by atoms with Crippen molar-refractivity contribution in [3.8, 4) is 11.3 Å². The zero-order chi connectivity index (χ0) is 12.0. The second kappa shape index (κ2) is 3.38. The highest BCUT2D eigenvalue weighted by Crippen LogP contribution is 2.38. The number of rotatable bonds is 1. The molecule has 0 radical (unpaired) electrons. The highest BCUT2D eigenvalue weighted by atomic mass is 16.6. The number of aromatic nitrogens is 1. The molecule has 3 rings (SSSR count). The first-order valence-electron chi connectivity index (χ1n) is 5.39. The van der Waals surface area contributed by atoms with Crippen LogP contribution in [0.15, 0.2) is 30.5 Å². The fraction of sp³-hybridized carbons (Fsp3) is 0.154. The zero-order valence-electron chi connectivity index (χ0n) is 9.30. The molecule has 84 valence electrons. The predicted molar refractivity (Wildman–Crippen MR) is 63.9 cm³/mol. The molecule has 1 heterocycles. The maximum Gasteiger partial charge on any atom is 0.272 e. The summed E-state index contributed by atoms with van der Waals surface area (Å²) in [7, 11) is 0. The minimum atomic E-state index is -0.337. The van der Waals surface area contributed by atoms with Crippen LogP contribution in [0.5, 0.6) is 0 Å². The van der Waals surface area contributed by atoms with E-state index in [-0.39, 0.29) is 10.6 Å². The summed E-state index contributed by atoms with van der Waals surface area (Å²) in [6.07, 6.45) is 2.54. The summed E-state index contributed by atoms with van der Waals surface area (Å²) in [5.41, 5.74) is 4.93. The lowest BCUT2D eigenvalue weighted by Gasteiger charge is -2.02. The molecule has 0 N–H and O–H groups in total. The highest BCUT2D eigenvalue weighted by molar-refractivity contribution is 5.76. The van der Waals surface area contributed by atoms with Gasteiger partial charge in [-0.25, -0.2) is 0 Å². The van der Waals surface area contributed by atoms with Crippen molar-refractivity contribution < 1.29 is 4.92 Å². The van der Waals surface area contributed by atoms with Crippen molar-refractivity contribution in [2.75, 3.05) is 0 Å². The van der Waals surface area contributed by atoms with E-state index in [1.165, 1.54) is 0 Å². The molecular weight excluding hydrogens is 216 g/mol. The van der Waals surface area contributed by atoms with Gasteiger partial charge in [-0.15, -0.1) is 0 Å². The molecule has 4 nitrogen and oxygen atoms in total. The Morgan fingerprint density at radius 3 is 2.94 bits per heavy atom. The third-order valence-electron chi connectivity index (χ3n) is 3.15. The second-order valence-corrected chi connectivity index (χ2v) is 4.24. The molecule has 0 saturated heterocycles. The summed E-state index contributed by atoms with van der Waals surface area (Å²) in [4.78, 5) is 14.9. The number of nitrogens with zero attached hydrogens (tertiary/aromatic N) is 2. The molecule has 2 aromatic rings. The van der Waals surface area contributed by atoms with E-state index in [2.05, 4.69) is 4.98 Å². The van der Waals surface area contributed by atoms with Gasteiger partial charge in [0.05, 0.1) is 10.6 Å². The van der Waals surface area contributed by atoms with Crippen LogP contribution >= 0.6 is 0 Å². The average molecular weight is 226 g/mol. The molecule has 0 saturated carbocycles. The molecule has 0 fully saturated rings. The maximum atomic E-state index is 10.9. The molecule has 0 atom stereocenters. The van der Waals surface area contributed by atoms with Crippen LogP contribution in [0, 0.1) is 17.0 Å². The number of pyridine rings is 1. The number of benzene rings is 1. The minimum absolute atomic E-state index is 0.169. The van der Waals surface area contributed by atoms with Gasteiger partial charge in [-0.2, -0.15) is 0 Å². The van der Waals surface area contributed by atoms with Gasteiger partial charge in [0.25, 0.3) is 5.69 Å². The normalized spacial score (nSPS) is 12.1. The SMILES string of the molecule is Cc1cc2c(cc1[N+](=O)[O-])-c1ncccc1C2. The lowest BCUT2D eigenvalue weighted by Crippen LogP contribution is -1.93. The van der Waals surface area contributed by atoms with Gasteiger partial charge in [-0.1, -0.05) is 6.07 Å². The van der Waals surface area contributed by atoms with Gasteiger partial charge >= 0.3 is 0 Å². The molecule has 1 aromatic carbocycles. The van der Waals surface area contributed by atoms with E-state index < -0.39 is 0 Å². The zero-order valence-corrected chi connectivity index (χ0v) is 9.30. The van der Waals surface area contributed by atoms with E-state index in [4.69, 9.17) is 0 Å². The molecule has 1 aliphatic carbocycles. The Bertz CT molecular complexity index is 635. The molecule has 0 amide bonds. The fourth-order valence-electron chi connectivity index (χ4n) is 2.35. The van der Waals surface area contributed by atoms with E-state index in [1.54, 1.807) is 19.2 Å². The largest absolute Gasteiger partial charge is 0.272 e. The van der Waals surface area contributed by atoms with Gasteiger partial charge < -0.3 is 0 Å². The Morgan fingerprint density at radius 1 is 1.35 bits per heavy atom. The molecule has 1 aromatic heterocycles. The summed E-state index contributed by atoms with van der Waals surface area (Å²) < 4.78 is 0. The standard InChI is InChI=1S/C13H10N2O2/c1-8-5-10-6-9-3-2-4-14-13(9)11(10)7-12(8)15(16)17/h2-5,7H,6H2,1H3. The summed E-state index contributed by atoms with van der Waals surface area (Å²) >= 11 is 0. The number of hydrogen-bond donors (Lipinski definition) is 0. The lowest BCUT2D eigenvalue weighted by atomic mass is 10.0. The van der Waals surface area contributed by atoms with E-state index >= 15 is 0 Å². The summed E-state index contributed by atoms with van der Waals surface area (Å²) in [6, 6.07) is 7.45. The van der Waals surface area contributed by atoms with Crippen LogP contribution in [-0.4, -0.2) is 9.91 Å². The quantitative estimate of drug-likeness (QED) is 0.473. The summed E-state index contributed by atoms with van der Waals surface area (Å²) in [5, 5.41) is 10.9. The van der Waals surface area contributed by atoms with Crippen molar-refractivity contribution in [2.24, 2.45) is 0 Å². The Labute approximate surface area is 98.1 Å². The van der Waals surface area contributed by atoms with Crippen molar-refractivity contribution in [1.82, 2.24) is 4.98 Å². The topological polar surface area (TPSA) is 56.0 Å². The molecule has 0 bridgehead atoms. The number of hydrogen-bond acceptors (Lipinski definition) is 3. The van der Waals surface area contributed by atoms with E-state index in [9.17, 15) is 10.1 Å². The second-order valence-electron chi connectivity index (χ2n) is 4.24. The van der Waals surface area contributed by atoms with Crippen molar-refractivity contribution in [1.29, 1.82) is 0 Å². The Morgan fingerprint density at radius 2 is 2.18 bits per heavy atom. The molecule has 4 heteroatoms. The van der Waals surface area contributed by atoms with Gasteiger partial charge in [0.1, 0.15) is 0 Å². The average Bonchev–Trinajstić information content (AvgIpc) is 2.64. The first-order valence-corrected chi connectivity index (χ1v) is 5.39. The van der Waals surface area contributed by atoms with Crippen LogP contribution in [-0.2, 0) is 6.42 Å². The van der Waals surface area contributed by atoms with Crippen molar-refractivity contribution in [2.45, 2.75) is 13.3 Å². The van der Waals surface area contributed by atoms with Gasteiger partial charge in [0, 0.05) is 29.8 Å². The van der Waals surface area contributed by atoms with Crippen LogP contribution in [0.2, 0.25) is 0 Å². The van der Waals surface area contributed by atoms with Crippen LogP contribution < -0.4 is 0 Å². The van der Waals surface area contributed by atoms with Crippen molar-refractivity contribution in [3.63, 3.8) is 0 Å². The Kier molecular flexibility index (Phi) is 1.98. The van der Waals surface area contributed by atoms with Gasteiger partial charge in [-0.3, -0.25) is 15.1 Å². The smallest absolute Gasteiger partial charge is 0.258 e. The third kappa shape index (κ3) is 1.41. The molecule has 1 aliphatic rings. The van der Waals surface area contributed by atoms with Crippen molar-refractivity contribution >= 4 is 5.69 Å². The maximum absolute atomic E-state index is 10.9. The van der Waals surface area contributed by atoms with E-state index in [0.29, 0.717) is 5.56 Å². The van der Waals surface area contributed by atoms with E-state index in [1.807, 2.05) is 18.2 Å². The first kappa shape index (κ1) is 9.96. The number of nitro groups is 1. The van der Waals surface area contributed by atoms with Crippen LogP contribution in [0.1, 0.15) is 16.7 Å². The predicted octanol–water partition coefficient (Wildman–Crippen LogP) is 2.87. The van der Waals surface area contributed by atoms with Crippen LogP contribution in [0.3, 0.4) is 0 Å². The number of aryl methyl sites for hydroxylation is 1. The minimum Gasteiger partial charge on any atom is -0.258 e. The monoisotopic (exact) mass is 226 g/mol. The van der Waals surface area contributed by atoms with E-state index in [0.717, 1.165) is 28.8 Å². The Hall–Kier alpha value is -2.23. The molecular formula is C13H10N2O2. The first-order chi connectivity index (χ1) is 8.16. The van der Waals surface area contributed by atoms with Crippen LogP contribution in [0.25, 0.3) is 11.3 Å². The van der Waals surface area contributed by atoms with Gasteiger partial charge in [0.2, 0.25) is 0 Å². The fourth-order valence-corrected chi connectivity index (χ4v) is 2.35. The number of fused-ring (bicyclic) bond motifs is 3. The molecule has 0 unspecified atom stereocenters. The Balaban J connectivity index is 2.26. The third-order valence-corrected chi connectivity index (χ3v) is 3.15. The van der Waals surface area contributed by atoms with Crippen LogP contribution in [0.4, 0.5) is 5.69 Å². The van der Waals surface area contributed by atoms with Gasteiger partial charge in [0.15, 0.2) is 0 Å². The summed E-state index contributed by atoms with van der Waals surface area (Å²) in [6.45, 7) is 1.77. The molecule has 0 spiro atoms. The summed E-state index contributed by atoms with van der Waals surface area (Å²) in [5.74, 6) is 0. The lowest BCUT2D eigenvalue weighted by molar-refractivity contribution is -0.385. The number of nitro benzene ring substituents is 1. The van der Waals surface area contributed by atoms with Crippen molar-refractivity contribution in [3.05, 3.63) is 57.3 Å². The molecule has 17 heavy (non-hydrogen) atoms. The van der Waals surface area contributed by atoms with Gasteiger partial charge in [-0.05, 0) is 30.2 Å².